The molecule has 0 saturated heterocycles. The minimum atomic E-state index is -0.701. The molecule has 7 nitrogen and oxygen atoms in total. The van der Waals surface area contributed by atoms with Crippen LogP contribution in [0.5, 0.6) is 0 Å². The van der Waals surface area contributed by atoms with Gasteiger partial charge in [0.25, 0.3) is 5.69 Å². The van der Waals surface area contributed by atoms with E-state index in [1.807, 2.05) is 0 Å². The fourth-order valence-corrected chi connectivity index (χ4v) is 1.94. The van der Waals surface area contributed by atoms with Gasteiger partial charge in [0.05, 0.1) is 17.0 Å². The number of carbonyl (C=O) groups excluding carboxylic acids is 1. The van der Waals surface area contributed by atoms with Crippen LogP contribution in [0.4, 0.5) is 5.69 Å². The van der Waals surface area contributed by atoms with E-state index >= 15 is 0 Å². The van der Waals surface area contributed by atoms with Gasteiger partial charge in [-0.25, -0.2) is 4.79 Å². The van der Waals surface area contributed by atoms with Crippen molar-refractivity contribution in [2.24, 2.45) is 7.05 Å². The Morgan fingerprint density at radius 2 is 2.15 bits per heavy atom. The second-order valence-electron chi connectivity index (χ2n) is 4.16. The number of benzene rings is 1. The number of carbonyl (C=O) groups is 1. The number of non-ortho nitro benzene ring substituents is 1. The number of rotatable bonds is 3. The van der Waals surface area contributed by atoms with Gasteiger partial charge in [0.15, 0.2) is 0 Å². The molecule has 1 heterocycles. The van der Waals surface area contributed by atoms with Gasteiger partial charge in [0, 0.05) is 30.8 Å². The van der Waals surface area contributed by atoms with Crippen molar-refractivity contribution in [3.63, 3.8) is 0 Å². The summed E-state index contributed by atoms with van der Waals surface area (Å²) >= 11 is 0. The van der Waals surface area contributed by atoms with Crippen LogP contribution < -0.4 is 5.43 Å². The highest BCUT2D eigenvalue weighted by Crippen LogP contribution is 2.18. The van der Waals surface area contributed by atoms with Crippen LogP contribution in [-0.2, 0) is 11.8 Å². The molecule has 0 fully saturated rings. The van der Waals surface area contributed by atoms with Gasteiger partial charge in [-0.2, -0.15) is 0 Å². The van der Waals surface area contributed by atoms with Gasteiger partial charge in [0.2, 0.25) is 5.43 Å². The van der Waals surface area contributed by atoms with E-state index in [1.165, 1.54) is 29.0 Å². The SMILES string of the molecule is CCOC(=O)c1cn(C)c2cc([N+](=O)[O-])ccc2c1=O. The summed E-state index contributed by atoms with van der Waals surface area (Å²) in [7, 11) is 1.61. The van der Waals surface area contributed by atoms with E-state index in [2.05, 4.69) is 0 Å². The summed E-state index contributed by atoms with van der Waals surface area (Å²) in [6.45, 7) is 1.81. The minimum absolute atomic E-state index is 0.0873. The molecule has 7 heteroatoms. The average Bonchev–Trinajstić information content (AvgIpc) is 2.42. The lowest BCUT2D eigenvalue weighted by Crippen LogP contribution is -2.20. The molecule has 20 heavy (non-hydrogen) atoms. The van der Waals surface area contributed by atoms with E-state index in [1.54, 1.807) is 14.0 Å². The number of hydrogen-bond acceptors (Lipinski definition) is 5. The Bertz CT molecular complexity index is 763. The predicted molar refractivity (Wildman–Crippen MR) is 71.8 cm³/mol. The summed E-state index contributed by atoms with van der Waals surface area (Å²) in [5.74, 6) is -0.701. The van der Waals surface area contributed by atoms with Crippen molar-refractivity contribution in [3.8, 4) is 0 Å². The molecule has 0 N–H and O–H groups in total. The molecule has 2 rings (SSSR count). The predicted octanol–water partition coefficient (Wildman–Crippen LogP) is 1.62. The van der Waals surface area contributed by atoms with Gasteiger partial charge >= 0.3 is 5.97 Å². The molecule has 0 radical (unpaired) electrons. The van der Waals surface area contributed by atoms with Crippen molar-refractivity contribution in [2.45, 2.75) is 6.92 Å². The van der Waals surface area contributed by atoms with Crippen LogP contribution >= 0.6 is 0 Å². The number of ether oxygens (including phenoxy) is 1. The Kier molecular flexibility index (Phi) is 3.51. The second-order valence-corrected chi connectivity index (χ2v) is 4.16. The lowest BCUT2D eigenvalue weighted by Gasteiger charge is -2.08. The molecule has 0 spiro atoms. The van der Waals surface area contributed by atoms with Crippen LogP contribution in [-0.4, -0.2) is 22.1 Å². The number of pyridine rings is 1. The molecular formula is C13H12N2O5. The van der Waals surface area contributed by atoms with E-state index in [0.717, 1.165) is 0 Å². The number of nitro groups is 1. The maximum absolute atomic E-state index is 12.2. The van der Waals surface area contributed by atoms with Gasteiger partial charge in [0.1, 0.15) is 5.56 Å². The Labute approximate surface area is 113 Å². The van der Waals surface area contributed by atoms with E-state index in [-0.39, 0.29) is 23.2 Å². The highest BCUT2D eigenvalue weighted by Gasteiger charge is 2.17. The van der Waals surface area contributed by atoms with Crippen LogP contribution in [0.1, 0.15) is 17.3 Å². The van der Waals surface area contributed by atoms with Crippen molar-refractivity contribution in [3.05, 3.63) is 50.3 Å². The van der Waals surface area contributed by atoms with E-state index in [0.29, 0.717) is 5.52 Å². The Morgan fingerprint density at radius 3 is 2.75 bits per heavy atom. The van der Waals surface area contributed by atoms with Crippen molar-refractivity contribution in [2.75, 3.05) is 6.61 Å². The molecule has 0 amide bonds. The van der Waals surface area contributed by atoms with Crippen molar-refractivity contribution < 1.29 is 14.5 Å². The molecule has 2 aromatic rings. The van der Waals surface area contributed by atoms with Crippen LogP contribution in [0.2, 0.25) is 0 Å². The molecule has 1 aromatic heterocycles. The second kappa shape index (κ2) is 5.12. The third-order valence-electron chi connectivity index (χ3n) is 2.88. The highest BCUT2D eigenvalue weighted by molar-refractivity contribution is 5.94. The topological polar surface area (TPSA) is 91.4 Å². The molecule has 0 aliphatic heterocycles. The molecule has 1 aromatic carbocycles. The van der Waals surface area contributed by atoms with Crippen LogP contribution in [0.3, 0.4) is 0 Å². The van der Waals surface area contributed by atoms with Crippen molar-refractivity contribution >= 4 is 22.6 Å². The van der Waals surface area contributed by atoms with Gasteiger partial charge in [-0.15, -0.1) is 0 Å². The number of hydrogen-bond donors (Lipinski definition) is 0. The monoisotopic (exact) mass is 276 g/mol. The third-order valence-corrected chi connectivity index (χ3v) is 2.88. The van der Waals surface area contributed by atoms with Crippen LogP contribution in [0.15, 0.2) is 29.2 Å². The standard InChI is InChI=1S/C13H12N2O5/c1-3-20-13(17)10-7-14(2)11-6-8(15(18)19)4-5-9(11)12(10)16/h4-7H,3H2,1-2H3. The van der Waals surface area contributed by atoms with Crippen LogP contribution in [0.25, 0.3) is 10.9 Å². The maximum atomic E-state index is 12.2. The number of esters is 1. The molecule has 0 bridgehead atoms. The smallest absolute Gasteiger partial charge is 0.343 e. The molecule has 0 saturated carbocycles. The number of aromatic nitrogens is 1. The Balaban J connectivity index is 2.72. The fourth-order valence-electron chi connectivity index (χ4n) is 1.94. The van der Waals surface area contributed by atoms with Crippen LogP contribution in [0, 0.1) is 10.1 Å². The van der Waals surface area contributed by atoms with Crippen molar-refractivity contribution in [1.82, 2.24) is 4.57 Å². The first kappa shape index (κ1) is 13.7. The van der Waals surface area contributed by atoms with E-state index in [4.69, 9.17) is 4.74 Å². The molecule has 0 aliphatic carbocycles. The summed E-state index contributed by atoms with van der Waals surface area (Å²) in [5.41, 5.74) is -0.309. The summed E-state index contributed by atoms with van der Waals surface area (Å²) in [5, 5.41) is 11.0. The molecule has 0 aliphatic rings. The maximum Gasteiger partial charge on any atom is 0.343 e. The minimum Gasteiger partial charge on any atom is -0.462 e. The lowest BCUT2D eigenvalue weighted by atomic mass is 10.1. The first-order chi connectivity index (χ1) is 9.45. The largest absolute Gasteiger partial charge is 0.462 e. The summed E-state index contributed by atoms with van der Waals surface area (Å²) < 4.78 is 6.31. The third kappa shape index (κ3) is 2.25. The Morgan fingerprint density at radius 1 is 1.45 bits per heavy atom. The number of nitrogens with zero attached hydrogens (tertiary/aromatic N) is 2. The Hall–Kier alpha value is -2.70. The lowest BCUT2D eigenvalue weighted by molar-refractivity contribution is -0.384. The molecule has 104 valence electrons. The summed E-state index contributed by atoms with van der Waals surface area (Å²) in [6.07, 6.45) is 1.33. The van der Waals surface area contributed by atoms with E-state index < -0.39 is 16.3 Å². The van der Waals surface area contributed by atoms with Crippen molar-refractivity contribution in [1.29, 1.82) is 0 Å². The first-order valence-corrected chi connectivity index (χ1v) is 5.90. The zero-order chi connectivity index (χ0) is 14.9. The van der Waals surface area contributed by atoms with Gasteiger partial charge in [-0.05, 0) is 13.0 Å². The van der Waals surface area contributed by atoms with Gasteiger partial charge < -0.3 is 9.30 Å². The average molecular weight is 276 g/mol. The summed E-state index contributed by atoms with van der Waals surface area (Å²) in [4.78, 5) is 34.1. The number of fused-ring (bicyclic) bond motifs is 1. The normalized spacial score (nSPS) is 10.5. The molecule has 0 unspecified atom stereocenters. The number of nitro benzene ring substituents is 1. The fraction of sp³-hybridized carbons (Fsp3) is 0.231. The quantitative estimate of drug-likeness (QED) is 0.482. The molecule has 0 atom stereocenters. The zero-order valence-corrected chi connectivity index (χ0v) is 11.0. The first-order valence-electron chi connectivity index (χ1n) is 5.90. The zero-order valence-electron chi connectivity index (χ0n) is 11.0. The summed E-state index contributed by atoms with van der Waals surface area (Å²) in [6, 6.07) is 3.88. The highest BCUT2D eigenvalue weighted by atomic mass is 16.6. The molecular weight excluding hydrogens is 264 g/mol. The number of aryl methyl sites for hydroxylation is 1. The van der Waals surface area contributed by atoms with Gasteiger partial charge in [-0.1, -0.05) is 0 Å². The van der Waals surface area contributed by atoms with Gasteiger partial charge in [-0.3, -0.25) is 14.9 Å². The van der Waals surface area contributed by atoms with E-state index in [9.17, 15) is 19.7 Å².